The summed E-state index contributed by atoms with van der Waals surface area (Å²) < 4.78 is 19.5. The molecule has 0 spiro atoms. The average molecular weight is 445 g/mol. The van der Waals surface area contributed by atoms with Crippen LogP contribution in [0.25, 0.3) is 11.3 Å². The highest BCUT2D eigenvalue weighted by molar-refractivity contribution is 5.77. The number of nitrogens with one attached hydrogen (secondary N) is 1. The van der Waals surface area contributed by atoms with Gasteiger partial charge >= 0.3 is 5.97 Å². The average Bonchev–Trinajstić information content (AvgIpc) is 3.28. The van der Waals surface area contributed by atoms with Crippen LogP contribution >= 0.6 is 0 Å². The molecule has 1 unspecified atom stereocenters. The van der Waals surface area contributed by atoms with E-state index in [2.05, 4.69) is 10.3 Å². The third-order valence-corrected chi connectivity index (χ3v) is 5.25. The number of aliphatic carboxylic acids is 1. The quantitative estimate of drug-likeness (QED) is 0.371. The van der Waals surface area contributed by atoms with Gasteiger partial charge in [-0.25, -0.2) is 19.2 Å². The Bertz CT molecular complexity index is 1240. The molecule has 0 aliphatic heterocycles. The van der Waals surface area contributed by atoms with Gasteiger partial charge in [-0.3, -0.25) is 0 Å². The van der Waals surface area contributed by atoms with Gasteiger partial charge in [0.25, 0.3) is 0 Å². The predicted octanol–water partition coefficient (Wildman–Crippen LogP) is 5.14. The van der Waals surface area contributed by atoms with E-state index in [1.54, 1.807) is 24.4 Å². The van der Waals surface area contributed by atoms with Crippen LogP contribution in [0, 0.1) is 5.82 Å². The summed E-state index contributed by atoms with van der Waals surface area (Å²) in [6, 6.07) is 18.5. The molecule has 1 atom stereocenters. The largest absolute Gasteiger partial charge is 0.480 e. The van der Waals surface area contributed by atoms with E-state index in [4.69, 9.17) is 9.40 Å². The minimum atomic E-state index is -1.03. The molecule has 6 nitrogen and oxygen atoms in total. The number of furan rings is 1. The first-order chi connectivity index (χ1) is 16.0. The van der Waals surface area contributed by atoms with Gasteiger partial charge in [0.2, 0.25) is 0 Å². The molecule has 0 bridgehead atoms. The molecule has 168 valence electrons. The van der Waals surface area contributed by atoms with Gasteiger partial charge in [-0.05, 0) is 29.8 Å². The first-order valence-corrected chi connectivity index (χ1v) is 10.7. The number of carbonyl (C=O) groups is 1. The molecule has 4 aromatic rings. The Kier molecular flexibility index (Phi) is 6.78. The van der Waals surface area contributed by atoms with Crippen LogP contribution in [0.5, 0.6) is 0 Å². The number of carboxylic acids is 1. The van der Waals surface area contributed by atoms with Crippen LogP contribution in [-0.4, -0.2) is 27.1 Å². The van der Waals surface area contributed by atoms with E-state index in [-0.39, 0.29) is 12.2 Å². The number of hydrogen-bond acceptors (Lipinski definition) is 5. The SMILES string of the molecule is CCc1ccc(CC(Nc2ncc(-c3ccccc3)nc2Cc2cccc(F)c2)C(=O)O)o1. The zero-order chi connectivity index (χ0) is 23.2. The van der Waals surface area contributed by atoms with E-state index in [1.165, 1.54) is 12.1 Å². The van der Waals surface area contributed by atoms with Crippen molar-refractivity contribution in [3.63, 3.8) is 0 Å². The number of anilines is 1. The van der Waals surface area contributed by atoms with Gasteiger partial charge in [0.1, 0.15) is 29.2 Å². The number of aromatic nitrogens is 2. The topological polar surface area (TPSA) is 88.2 Å². The zero-order valence-electron chi connectivity index (χ0n) is 18.2. The lowest BCUT2D eigenvalue weighted by atomic mass is 10.1. The summed E-state index contributed by atoms with van der Waals surface area (Å²) in [6.07, 6.45) is 2.78. The van der Waals surface area contributed by atoms with Crippen LogP contribution < -0.4 is 5.32 Å². The van der Waals surface area contributed by atoms with Crippen molar-refractivity contribution < 1.29 is 18.7 Å². The summed E-state index contributed by atoms with van der Waals surface area (Å²) in [7, 11) is 0. The summed E-state index contributed by atoms with van der Waals surface area (Å²) in [5, 5.41) is 12.8. The van der Waals surface area contributed by atoms with E-state index in [1.807, 2.05) is 43.3 Å². The molecule has 0 saturated carbocycles. The van der Waals surface area contributed by atoms with Crippen molar-refractivity contribution >= 4 is 11.8 Å². The Morgan fingerprint density at radius 1 is 1.09 bits per heavy atom. The smallest absolute Gasteiger partial charge is 0.326 e. The van der Waals surface area contributed by atoms with Crippen molar-refractivity contribution in [3.8, 4) is 11.3 Å². The third kappa shape index (κ3) is 5.63. The zero-order valence-corrected chi connectivity index (χ0v) is 18.2. The fourth-order valence-electron chi connectivity index (χ4n) is 3.55. The molecule has 0 aliphatic rings. The molecule has 33 heavy (non-hydrogen) atoms. The fraction of sp³-hybridized carbons (Fsp3) is 0.192. The standard InChI is InChI=1S/C26H24FN3O3/c1-2-20-11-12-21(33-20)15-23(26(31)32)30-25-22(14-17-7-6-10-19(27)13-17)29-24(16-28-25)18-8-4-3-5-9-18/h3-13,16,23H,2,14-15H2,1H3,(H,28,30)(H,31,32). The highest BCUT2D eigenvalue weighted by Gasteiger charge is 2.22. The molecule has 4 rings (SSSR count). The number of benzene rings is 2. The van der Waals surface area contributed by atoms with E-state index < -0.39 is 12.0 Å². The Hall–Kier alpha value is -4.00. The van der Waals surface area contributed by atoms with Gasteiger partial charge in [-0.1, -0.05) is 49.4 Å². The molecule has 0 aliphatic carbocycles. The minimum Gasteiger partial charge on any atom is -0.480 e. The molecule has 2 aromatic heterocycles. The van der Waals surface area contributed by atoms with Crippen molar-refractivity contribution in [2.24, 2.45) is 0 Å². The molecule has 0 radical (unpaired) electrons. The molecule has 0 amide bonds. The molecule has 2 heterocycles. The number of carboxylic acid groups (broad SMARTS) is 1. The highest BCUT2D eigenvalue weighted by atomic mass is 19.1. The van der Waals surface area contributed by atoms with Gasteiger partial charge in [0, 0.05) is 24.8 Å². The second kappa shape index (κ2) is 10.1. The molecule has 2 aromatic carbocycles. The van der Waals surface area contributed by atoms with Gasteiger partial charge < -0.3 is 14.8 Å². The Morgan fingerprint density at radius 3 is 2.58 bits per heavy atom. The molecular weight excluding hydrogens is 421 g/mol. The summed E-state index contributed by atoms with van der Waals surface area (Å²) in [5.41, 5.74) is 2.78. The number of rotatable bonds is 9. The van der Waals surface area contributed by atoms with Crippen LogP contribution in [0.3, 0.4) is 0 Å². The number of nitrogens with zero attached hydrogens (tertiary/aromatic N) is 2. The molecule has 0 saturated heterocycles. The Morgan fingerprint density at radius 2 is 1.88 bits per heavy atom. The molecule has 7 heteroatoms. The number of hydrogen-bond donors (Lipinski definition) is 2. The maximum Gasteiger partial charge on any atom is 0.326 e. The van der Waals surface area contributed by atoms with Crippen LogP contribution in [0.15, 0.2) is 77.3 Å². The van der Waals surface area contributed by atoms with Crippen molar-refractivity contribution in [2.45, 2.75) is 32.2 Å². The lowest BCUT2D eigenvalue weighted by Gasteiger charge is -2.17. The number of aryl methyl sites for hydroxylation is 1. The lowest BCUT2D eigenvalue weighted by Crippen LogP contribution is -2.32. The van der Waals surface area contributed by atoms with Crippen molar-refractivity contribution in [1.29, 1.82) is 0 Å². The van der Waals surface area contributed by atoms with E-state index in [0.717, 1.165) is 17.7 Å². The van der Waals surface area contributed by atoms with E-state index in [0.29, 0.717) is 35.0 Å². The summed E-state index contributed by atoms with van der Waals surface area (Å²) in [4.78, 5) is 21.2. The normalized spacial score (nSPS) is 11.8. The first-order valence-electron chi connectivity index (χ1n) is 10.7. The van der Waals surface area contributed by atoms with Gasteiger partial charge in [0.05, 0.1) is 17.6 Å². The maximum absolute atomic E-state index is 13.8. The second-order valence-electron chi connectivity index (χ2n) is 7.68. The monoisotopic (exact) mass is 445 g/mol. The predicted molar refractivity (Wildman–Crippen MR) is 124 cm³/mol. The second-order valence-corrected chi connectivity index (χ2v) is 7.68. The molecule has 0 fully saturated rings. The fourth-order valence-corrected chi connectivity index (χ4v) is 3.55. The summed E-state index contributed by atoms with van der Waals surface area (Å²) in [5.74, 6) is 0.339. The van der Waals surface area contributed by atoms with Crippen LogP contribution in [0.4, 0.5) is 10.2 Å². The van der Waals surface area contributed by atoms with Crippen LogP contribution in [0.2, 0.25) is 0 Å². The minimum absolute atomic E-state index is 0.150. The third-order valence-electron chi connectivity index (χ3n) is 5.25. The van der Waals surface area contributed by atoms with Gasteiger partial charge in [-0.15, -0.1) is 0 Å². The highest BCUT2D eigenvalue weighted by Crippen LogP contribution is 2.23. The van der Waals surface area contributed by atoms with E-state index in [9.17, 15) is 14.3 Å². The van der Waals surface area contributed by atoms with Crippen LogP contribution in [0.1, 0.15) is 29.7 Å². The summed E-state index contributed by atoms with van der Waals surface area (Å²) in [6.45, 7) is 1.97. The lowest BCUT2D eigenvalue weighted by molar-refractivity contribution is -0.138. The van der Waals surface area contributed by atoms with Crippen LogP contribution in [-0.2, 0) is 24.1 Å². The van der Waals surface area contributed by atoms with Gasteiger partial charge in [0.15, 0.2) is 0 Å². The first kappa shape index (κ1) is 22.2. The van der Waals surface area contributed by atoms with Crippen molar-refractivity contribution in [3.05, 3.63) is 102 Å². The Labute approximate surface area is 191 Å². The molecule has 2 N–H and O–H groups in total. The van der Waals surface area contributed by atoms with Gasteiger partial charge in [-0.2, -0.15) is 0 Å². The van der Waals surface area contributed by atoms with Crippen molar-refractivity contribution in [2.75, 3.05) is 5.32 Å². The molecular formula is C26H24FN3O3. The van der Waals surface area contributed by atoms with E-state index >= 15 is 0 Å². The van der Waals surface area contributed by atoms with Crippen molar-refractivity contribution in [1.82, 2.24) is 9.97 Å². The summed E-state index contributed by atoms with van der Waals surface area (Å²) >= 11 is 0. The maximum atomic E-state index is 13.8. The Balaban J connectivity index is 1.66. The number of halogens is 1.